The van der Waals surface area contributed by atoms with Crippen LogP contribution in [0.15, 0.2) is 59.0 Å². The molecule has 1 fully saturated rings. The first-order chi connectivity index (χ1) is 12.8. The molecule has 1 aromatic heterocycles. The summed E-state index contributed by atoms with van der Waals surface area (Å²) in [5.41, 5.74) is 2.53. The van der Waals surface area contributed by atoms with E-state index in [2.05, 4.69) is 5.32 Å². The highest BCUT2D eigenvalue weighted by atomic mass is 16.5. The van der Waals surface area contributed by atoms with Gasteiger partial charge < -0.3 is 14.5 Å². The van der Waals surface area contributed by atoms with E-state index in [4.69, 9.17) is 9.15 Å². The number of fused-ring (bicyclic) bond motifs is 1. The van der Waals surface area contributed by atoms with E-state index in [1.807, 2.05) is 48.5 Å². The zero-order valence-corrected chi connectivity index (χ0v) is 14.7. The summed E-state index contributed by atoms with van der Waals surface area (Å²) in [6.45, 7) is 0.582. The van der Waals surface area contributed by atoms with Gasteiger partial charge in [-0.15, -0.1) is 0 Å². The molecule has 1 heterocycles. The molecule has 1 aliphatic carbocycles. The number of hydrogen-bond donors (Lipinski definition) is 1. The Hall–Kier alpha value is -2.59. The molecular weight excluding hydrogens is 326 g/mol. The van der Waals surface area contributed by atoms with Crippen molar-refractivity contribution < 1.29 is 13.9 Å². The van der Waals surface area contributed by atoms with Gasteiger partial charge in [-0.25, -0.2) is 0 Å². The standard InChI is InChI=1S/C22H23NO3/c24-22(21-14-17-8-4-5-12-20(17)26-21)23-18-9-6-7-16(13-18)15-25-19-10-2-1-3-11-19/h4-9,12-14,19H,1-3,10-11,15H2,(H,23,24). The van der Waals surface area contributed by atoms with Crippen LogP contribution in [-0.4, -0.2) is 12.0 Å². The molecule has 0 bridgehead atoms. The molecule has 0 saturated heterocycles. The maximum Gasteiger partial charge on any atom is 0.291 e. The number of carbonyl (C=O) groups is 1. The average molecular weight is 349 g/mol. The lowest BCUT2D eigenvalue weighted by atomic mass is 9.98. The Morgan fingerprint density at radius 2 is 1.88 bits per heavy atom. The van der Waals surface area contributed by atoms with Crippen molar-refractivity contribution in [1.82, 2.24) is 0 Å². The van der Waals surface area contributed by atoms with Gasteiger partial charge in [0.05, 0.1) is 12.7 Å². The number of benzene rings is 2. The monoisotopic (exact) mass is 349 g/mol. The number of anilines is 1. The summed E-state index contributed by atoms with van der Waals surface area (Å²) in [4.78, 5) is 12.5. The second-order valence-corrected chi connectivity index (χ2v) is 6.87. The summed E-state index contributed by atoms with van der Waals surface area (Å²) in [5.74, 6) is 0.0709. The molecule has 0 aliphatic heterocycles. The summed E-state index contributed by atoms with van der Waals surface area (Å²) in [6, 6.07) is 17.2. The van der Waals surface area contributed by atoms with Gasteiger partial charge in [0.25, 0.3) is 5.91 Å². The molecule has 26 heavy (non-hydrogen) atoms. The smallest absolute Gasteiger partial charge is 0.291 e. The molecule has 1 saturated carbocycles. The predicted octanol–water partition coefficient (Wildman–Crippen LogP) is 5.53. The number of para-hydroxylation sites is 1. The second-order valence-electron chi connectivity index (χ2n) is 6.87. The quantitative estimate of drug-likeness (QED) is 0.658. The molecule has 4 nitrogen and oxygen atoms in total. The van der Waals surface area contributed by atoms with Crippen LogP contribution in [0.3, 0.4) is 0 Å². The lowest BCUT2D eigenvalue weighted by molar-refractivity contribution is 0.0169. The highest BCUT2D eigenvalue weighted by Gasteiger charge is 2.15. The Morgan fingerprint density at radius 3 is 2.73 bits per heavy atom. The van der Waals surface area contributed by atoms with Crippen LogP contribution in [0.5, 0.6) is 0 Å². The molecule has 3 aromatic rings. The Balaban J connectivity index is 1.40. The first-order valence-electron chi connectivity index (χ1n) is 9.28. The molecule has 4 rings (SSSR count). The normalized spacial score (nSPS) is 15.2. The molecular formula is C22H23NO3. The number of rotatable bonds is 5. The predicted molar refractivity (Wildman–Crippen MR) is 102 cm³/mol. The number of ether oxygens (including phenoxy) is 1. The van der Waals surface area contributed by atoms with Crippen molar-refractivity contribution in [1.29, 1.82) is 0 Å². The van der Waals surface area contributed by atoms with Crippen molar-refractivity contribution >= 4 is 22.6 Å². The van der Waals surface area contributed by atoms with E-state index in [-0.39, 0.29) is 5.91 Å². The van der Waals surface area contributed by atoms with E-state index in [9.17, 15) is 4.79 Å². The van der Waals surface area contributed by atoms with Gasteiger partial charge in [-0.05, 0) is 42.7 Å². The Bertz CT molecular complexity index is 860. The first kappa shape index (κ1) is 16.9. The molecule has 2 aromatic carbocycles. The third-order valence-corrected chi connectivity index (χ3v) is 4.87. The van der Waals surface area contributed by atoms with Crippen LogP contribution in [0.1, 0.15) is 48.2 Å². The van der Waals surface area contributed by atoms with Crippen molar-refractivity contribution in [3.05, 3.63) is 65.9 Å². The maximum atomic E-state index is 12.5. The van der Waals surface area contributed by atoms with Crippen LogP contribution in [0, 0.1) is 0 Å². The fraction of sp³-hybridized carbons (Fsp3) is 0.318. The lowest BCUT2D eigenvalue weighted by Gasteiger charge is -2.22. The first-order valence-corrected chi connectivity index (χ1v) is 9.28. The summed E-state index contributed by atoms with van der Waals surface area (Å²) in [5, 5.41) is 3.83. The molecule has 0 atom stereocenters. The van der Waals surface area contributed by atoms with Crippen molar-refractivity contribution in [2.75, 3.05) is 5.32 Å². The Morgan fingerprint density at radius 1 is 1.04 bits per heavy atom. The van der Waals surface area contributed by atoms with Crippen molar-refractivity contribution in [3.63, 3.8) is 0 Å². The number of amides is 1. The van der Waals surface area contributed by atoms with Gasteiger partial charge >= 0.3 is 0 Å². The van der Waals surface area contributed by atoms with Crippen LogP contribution in [0.2, 0.25) is 0 Å². The van der Waals surface area contributed by atoms with E-state index < -0.39 is 0 Å². The molecule has 1 aliphatic rings. The SMILES string of the molecule is O=C(Nc1cccc(COC2CCCCC2)c1)c1cc2ccccc2o1. The van der Waals surface area contributed by atoms with Gasteiger partial charge in [0.15, 0.2) is 5.76 Å². The van der Waals surface area contributed by atoms with Crippen LogP contribution < -0.4 is 5.32 Å². The van der Waals surface area contributed by atoms with Crippen LogP contribution in [0.4, 0.5) is 5.69 Å². The lowest BCUT2D eigenvalue weighted by Crippen LogP contribution is -2.16. The zero-order chi connectivity index (χ0) is 17.8. The molecule has 4 heteroatoms. The van der Waals surface area contributed by atoms with Crippen molar-refractivity contribution in [3.8, 4) is 0 Å². The van der Waals surface area contributed by atoms with Gasteiger partial charge in [0.2, 0.25) is 0 Å². The molecule has 1 N–H and O–H groups in total. The minimum absolute atomic E-state index is 0.244. The maximum absolute atomic E-state index is 12.5. The Labute approximate surface area is 153 Å². The van der Waals surface area contributed by atoms with E-state index in [0.717, 1.165) is 29.5 Å². The third-order valence-electron chi connectivity index (χ3n) is 4.87. The molecule has 1 amide bonds. The van der Waals surface area contributed by atoms with Crippen molar-refractivity contribution in [2.45, 2.75) is 44.8 Å². The summed E-state index contributed by atoms with van der Waals surface area (Å²) in [7, 11) is 0. The van der Waals surface area contributed by atoms with E-state index in [1.54, 1.807) is 6.07 Å². The van der Waals surface area contributed by atoms with Crippen LogP contribution in [-0.2, 0) is 11.3 Å². The van der Waals surface area contributed by atoms with Crippen molar-refractivity contribution in [2.24, 2.45) is 0 Å². The molecule has 0 unspecified atom stereocenters. The minimum Gasteiger partial charge on any atom is -0.451 e. The molecule has 0 radical (unpaired) electrons. The number of hydrogen-bond acceptors (Lipinski definition) is 3. The van der Waals surface area contributed by atoms with Crippen LogP contribution >= 0.6 is 0 Å². The van der Waals surface area contributed by atoms with E-state index in [1.165, 1.54) is 19.3 Å². The topological polar surface area (TPSA) is 51.5 Å². The van der Waals surface area contributed by atoms with E-state index >= 15 is 0 Å². The minimum atomic E-state index is -0.244. The summed E-state index contributed by atoms with van der Waals surface area (Å²) < 4.78 is 11.6. The van der Waals surface area contributed by atoms with Gasteiger partial charge in [-0.2, -0.15) is 0 Å². The summed E-state index contributed by atoms with van der Waals surface area (Å²) in [6.07, 6.45) is 6.53. The fourth-order valence-electron chi connectivity index (χ4n) is 3.47. The number of furan rings is 1. The largest absolute Gasteiger partial charge is 0.451 e. The highest BCUT2D eigenvalue weighted by molar-refractivity contribution is 6.04. The second kappa shape index (κ2) is 7.75. The Kier molecular flexibility index (Phi) is 5.02. The van der Waals surface area contributed by atoms with E-state index in [0.29, 0.717) is 24.1 Å². The van der Waals surface area contributed by atoms with Crippen LogP contribution in [0.25, 0.3) is 11.0 Å². The third kappa shape index (κ3) is 3.97. The van der Waals surface area contributed by atoms with Gasteiger partial charge in [0.1, 0.15) is 5.58 Å². The average Bonchev–Trinajstić information content (AvgIpc) is 3.12. The summed E-state index contributed by atoms with van der Waals surface area (Å²) >= 11 is 0. The highest BCUT2D eigenvalue weighted by Crippen LogP contribution is 2.23. The zero-order valence-electron chi connectivity index (χ0n) is 14.7. The molecule has 0 spiro atoms. The fourth-order valence-corrected chi connectivity index (χ4v) is 3.47. The van der Waals surface area contributed by atoms with Gasteiger partial charge in [-0.3, -0.25) is 4.79 Å². The number of nitrogens with one attached hydrogen (secondary N) is 1. The molecule has 134 valence electrons. The van der Waals surface area contributed by atoms with Gasteiger partial charge in [-0.1, -0.05) is 49.6 Å². The number of carbonyl (C=O) groups excluding carboxylic acids is 1. The van der Waals surface area contributed by atoms with Gasteiger partial charge in [0, 0.05) is 11.1 Å².